The molecule has 30 heavy (non-hydrogen) atoms. The fourth-order valence-corrected chi connectivity index (χ4v) is 3.65. The summed E-state index contributed by atoms with van der Waals surface area (Å²) in [6.45, 7) is 3.03. The van der Waals surface area contributed by atoms with E-state index < -0.39 is 21.4 Å². The van der Waals surface area contributed by atoms with Gasteiger partial charge in [0.2, 0.25) is 5.95 Å². The molecule has 0 amide bonds. The molecule has 4 aromatic rings. The minimum absolute atomic E-state index is 0.160. The zero-order valence-corrected chi connectivity index (χ0v) is 17.2. The standard InChI is InChI=1S/C21H18FN3O4S/c1-21(2,26)17-8-13(9-18(22)25-17)19-20-15(23-11-24-19)10-16(29-20)12-4-6-14(7-5-12)30(3,27)28/h4-11,26H,1-3H3. The van der Waals surface area contributed by atoms with Crippen LogP contribution in [-0.4, -0.2) is 34.7 Å². The number of rotatable bonds is 4. The van der Waals surface area contributed by atoms with Crippen molar-refractivity contribution in [3.8, 4) is 22.6 Å². The van der Waals surface area contributed by atoms with Crippen LogP contribution in [0.5, 0.6) is 0 Å². The van der Waals surface area contributed by atoms with Gasteiger partial charge < -0.3 is 9.52 Å². The van der Waals surface area contributed by atoms with Crippen molar-refractivity contribution in [1.29, 1.82) is 0 Å². The summed E-state index contributed by atoms with van der Waals surface area (Å²) in [7, 11) is -3.30. The summed E-state index contributed by atoms with van der Waals surface area (Å²) < 4.78 is 43.4. The van der Waals surface area contributed by atoms with Crippen LogP contribution >= 0.6 is 0 Å². The SMILES string of the molecule is CC(C)(O)c1cc(-c2ncnc3cc(-c4ccc(S(C)(=O)=O)cc4)oc23)cc(F)n1. The van der Waals surface area contributed by atoms with Crippen LogP contribution in [0.15, 0.2) is 58.1 Å². The Morgan fingerprint density at radius 1 is 1.03 bits per heavy atom. The van der Waals surface area contributed by atoms with Crippen LogP contribution in [0.3, 0.4) is 0 Å². The molecule has 9 heteroatoms. The van der Waals surface area contributed by atoms with Crippen molar-refractivity contribution in [3.05, 3.63) is 60.4 Å². The van der Waals surface area contributed by atoms with E-state index in [4.69, 9.17) is 4.42 Å². The molecule has 0 bridgehead atoms. The Morgan fingerprint density at radius 2 is 1.73 bits per heavy atom. The number of aromatic nitrogens is 3. The molecule has 0 radical (unpaired) electrons. The Labute approximate surface area is 172 Å². The maximum absolute atomic E-state index is 14.1. The fourth-order valence-electron chi connectivity index (χ4n) is 3.02. The average molecular weight is 427 g/mol. The summed E-state index contributed by atoms with van der Waals surface area (Å²) in [5, 5.41) is 10.2. The largest absolute Gasteiger partial charge is 0.452 e. The lowest BCUT2D eigenvalue weighted by Crippen LogP contribution is -2.18. The molecule has 7 nitrogen and oxygen atoms in total. The van der Waals surface area contributed by atoms with Crippen molar-refractivity contribution in [2.45, 2.75) is 24.3 Å². The summed E-state index contributed by atoms with van der Waals surface area (Å²) in [4.78, 5) is 12.4. The number of nitrogens with zero attached hydrogens (tertiary/aromatic N) is 3. The lowest BCUT2D eigenvalue weighted by molar-refractivity contribution is 0.0729. The van der Waals surface area contributed by atoms with Gasteiger partial charge in [-0.3, -0.25) is 0 Å². The zero-order chi connectivity index (χ0) is 21.7. The maximum atomic E-state index is 14.1. The van der Waals surface area contributed by atoms with Crippen molar-refractivity contribution in [2.75, 3.05) is 6.26 Å². The number of fused-ring (bicyclic) bond motifs is 1. The Kier molecular flexibility index (Phi) is 4.67. The zero-order valence-electron chi connectivity index (χ0n) is 16.4. The van der Waals surface area contributed by atoms with Gasteiger partial charge in [0.15, 0.2) is 15.4 Å². The van der Waals surface area contributed by atoms with Gasteiger partial charge >= 0.3 is 0 Å². The van der Waals surface area contributed by atoms with Gasteiger partial charge in [0.1, 0.15) is 28.9 Å². The molecule has 0 aliphatic heterocycles. The predicted octanol–water partition coefficient (Wildman–Crippen LogP) is 3.72. The third-order valence-corrected chi connectivity index (χ3v) is 5.70. The second kappa shape index (κ2) is 6.96. The van der Waals surface area contributed by atoms with Crippen molar-refractivity contribution in [3.63, 3.8) is 0 Å². The van der Waals surface area contributed by atoms with Gasteiger partial charge in [0, 0.05) is 29.5 Å². The first-order valence-corrected chi connectivity index (χ1v) is 10.9. The van der Waals surface area contributed by atoms with E-state index >= 15 is 0 Å². The summed E-state index contributed by atoms with van der Waals surface area (Å²) in [5.74, 6) is -0.288. The first kappa shape index (κ1) is 20.1. The van der Waals surface area contributed by atoms with Crippen LogP contribution in [0.4, 0.5) is 4.39 Å². The number of hydrogen-bond acceptors (Lipinski definition) is 7. The van der Waals surface area contributed by atoms with E-state index in [1.54, 1.807) is 24.3 Å². The van der Waals surface area contributed by atoms with Gasteiger partial charge in [-0.15, -0.1) is 0 Å². The van der Waals surface area contributed by atoms with Crippen LogP contribution in [0.2, 0.25) is 0 Å². The molecule has 0 atom stereocenters. The first-order valence-electron chi connectivity index (χ1n) is 8.98. The number of furan rings is 1. The van der Waals surface area contributed by atoms with Crippen molar-refractivity contribution >= 4 is 20.9 Å². The highest BCUT2D eigenvalue weighted by molar-refractivity contribution is 7.90. The third-order valence-electron chi connectivity index (χ3n) is 4.57. The third kappa shape index (κ3) is 3.81. The van der Waals surface area contributed by atoms with Gasteiger partial charge in [0.05, 0.1) is 10.6 Å². The molecule has 3 heterocycles. The van der Waals surface area contributed by atoms with Gasteiger partial charge in [-0.2, -0.15) is 4.39 Å². The summed E-state index contributed by atoms with van der Waals surface area (Å²) in [5.41, 5.74) is 1.07. The highest BCUT2D eigenvalue weighted by atomic mass is 32.2. The minimum Gasteiger partial charge on any atom is -0.452 e. The molecular weight excluding hydrogens is 409 g/mol. The molecule has 1 aromatic carbocycles. The molecule has 0 fully saturated rings. The van der Waals surface area contributed by atoms with E-state index in [0.29, 0.717) is 33.7 Å². The highest BCUT2D eigenvalue weighted by Crippen LogP contribution is 2.34. The number of sulfone groups is 1. The van der Waals surface area contributed by atoms with Gasteiger partial charge in [-0.05, 0) is 44.2 Å². The summed E-state index contributed by atoms with van der Waals surface area (Å²) in [6.07, 6.45) is 2.48. The van der Waals surface area contributed by atoms with E-state index in [-0.39, 0.29) is 10.6 Å². The van der Waals surface area contributed by atoms with E-state index in [2.05, 4.69) is 15.0 Å². The van der Waals surface area contributed by atoms with E-state index in [0.717, 1.165) is 6.26 Å². The molecule has 0 saturated heterocycles. The molecule has 4 rings (SSSR count). The molecule has 0 spiro atoms. The Bertz CT molecular complexity index is 1360. The molecule has 0 unspecified atom stereocenters. The van der Waals surface area contributed by atoms with Crippen molar-refractivity contribution < 1.29 is 22.3 Å². The van der Waals surface area contributed by atoms with Crippen LogP contribution in [0.25, 0.3) is 33.7 Å². The van der Waals surface area contributed by atoms with Crippen LogP contribution in [0, 0.1) is 5.95 Å². The molecule has 1 N–H and O–H groups in total. The van der Waals surface area contributed by atoms with Gasteiger partial charge in [-0.1, -0.05) is 0 Å². The molecule has 3 aromatic heterocycles. The molecule has 0 aliphatic rings. The molecular formula is C21H18FN3O4S. The lowest BCUT2D eigenvalue weighted by atomic mass is 10.0. The fraction of sp³-hybridized carbons (Fsp3) is 0.190. The number of hydrogen-bond donors (Lipinski definition) is 1. The van der Waals surface area contributed by atoms with E-state index in [1.165, 1.54) is 38.4 Å². The van der Waals surface area contributed by atoms with E-state index in [9.17, 15) is 17.9 Å². The van der Waals surface area contributed by atoms with Crippen molar-refractivity contribution in [2.24, 2.45) is 0 Å². The topological polar surface area (TPSA) is 106 Å². The Hall–Kier alpha value is -3.17. The predicted molar refractivity (Wildman–Crippen MR) is 109 cm³/mol. The van der Waals surface area contributed by atoms with Crippen LogP contribution in [-0.2, 0) is 15.4 Å². The second-order valence-electron chi connectivity index (χ2n) is 7.47. The van der Waals surface area contributed by atoms with Gasteiger partial charge in [-0.25, -0.2) is 23.4 Å². The Morgan fingerprint density at radius 3 is 2.37 bits per heavy atom. The number of aliphatic hydroxyl groups is 1. The number of benzene rings is 1. The number of pyridine rings is 1. The molecule has 0 saturated carbocycles. The van der Waals surface area contributed by atoms with Crippen molar-refractivity contribution in [1.82, 2.24) is 15.0 Å². The van der Waals surface area contributed by atoms with Gasteiger partial charge in [0.25, 0.3) is 0 Å². The average Bonchev–Trinajstić information content (AvgIpc) is 3.10. The smallest absolute Gasteiger partial charge is 0.213 e. The highest BCUT2D eigenvalue weighted by Gasteiger charge is 2.22. The molecule has 154 valence electrons. The minimum atomic E-state index is -3.30. The quantitative estimate of drug-likeness (QED) is 0.495. The number of halogens is 1. The lowest BCUT2D eigenvalue weighted by Gasteiger charge is -2.17. The van der Waals surface area contributed by atoms with E-state index in [1.807, 2.05) is 0 Å². The normalized spacial score (nSPS) is 12.4. The van der Waals surface area contributed by atoms with Crippen LogP contribution in [0.1, 0.15) is 19.5 Å². The monoisotopic (exact) mass is 427 g/mol. The van der Waals surface area contributed by atoms with Crippen LogP contribution < -0.4 is 0 Å². The second-order valence-corrected chi connectivity index (χ2v) is 9.48. The Balaban J connectivity index is 1.83. The summed E-state index contributed by atoms with van der Waals surface area (Å²) in [6, 6.07) is 10.7. The summed E-state index contributed by atoms with van der Waals surface area (Å²) >= 11 is 0. The maximum Gasteiger partial charge on any atom is 0.213 e. The molecule has 0 aliphatic carbocycles. The first-order chi connectivity index (χ1) is 14.0.